The monoisotopic (exact) mass is 225 g/mol. The highest BCUT2D eigenvalue weighted by atomic mass is 35.5. The molecule has 1 aromatic carbocycles. The Morgan fingerprint density at radius 2 is 2.07 bits per heavy atom. The Balaban J connectivity index is 3.41. The van der Waals surface area contributed by atoms with Gasteiger partial charge in [0, 0.05) is 0 Å². The van der Waals surface area contributed by atoms with Gasteiger partial charge in [-0.15, -0.1) is 0 Å². The number of ether oxygens (including phenoxy) is 1. The molecule has 4 heteroatoms. The SMILES string of the molecule is COc1c(Cl)cc(C(C)(C)O)cc1C#N. The van der Waals surface area contributed by atoms with E-state index >= 15 is 0 Å². The van der Waals surface area contributed by atoms with Crippen LogP contribution in [-0.2, 0) is 5.60 Å². The van der Waals surface area contributed by atoms with E-state index in [1.165, 1.54) is 7.11 Å². The lowest BCUT2D eigenvalue weighted by Gasteiger charge is -2.19. The summed E-state index contributed by atoms with van der Waals surface area (Å²) in [5.41, 5.74) is -0.117. The first-order valence-electron chi connectivity index (χ1n) is 4.40. The minimum atomic E-state index is -1.03. The topological polar surface area (TPSA) is 53.2 Å². The number of nitrogens with zero attached hydrogens (tertiary/aromatic N) is 1. The lowest BCUT2D eigenvalue weighted by Crippen LogP contribution is -2.15. The zero-order chi connectivity index (χ0) is 11.6. The van der Waals surface area contributed by atoms with Crippen molar-refractivity contribution in [3.8, 4) is 11.8 Å². The highest BCUT2D eigenvalue weighted by Gasteiger charge is 2.20. The summed E-state index contributed by atoms with van der Waals surface area (Å²) < 4.78 is 5.00. The predicted molar refractivity (Wildman–Crippen MR) is 58.0 cm³/mol. The molecular formula is C11H12ClNO2. The molecule has 0 fully saturated rings. The Morgan fingerprint density at radius 1 is 1.47 bits per heavy atom. The van der Waals surface area contributed by atoms with Gasteiger partial charge in [-0.05, 0) is 31.5 Å². The fraction of sp³-hybridized carbons (Fsp3) is 0.364. The van der Waals surface area contributed by atoms with E-state index in [2.05, 4.69) is 0 Å². The van der Waals surface area contributed by atoms with Crippen molar-refractivity contribution in [3.05, 3.63) is 28.3 Å². The Labute approximate surface area is 93.9 Å². The van der Waals surface area contributed by atoms with Gasteiger partial charge in [-0.2, -0.15) is 5.26 Å². The molecule has 0 unspecified atom stereocenters. The van der Waals surface area contributed by atoms with Gasteiger partial charge in [0.2, 0.25) is 0 Å². The van der Waals surface area contributed by atoms with Crippen LogP contribution in [0.2, 0.25) is 5.02 Å². The maximum Gasteiger partial charge on any atom is 0.155 e. The summed E-state index contributed by atoms with van der Waals surface area (Å²) in [7, 11) is 1.45. The number of halogens is 1. The molecule has 0 aliphatic heterocycles. The van der Waals surface area contributed by atoms with Crippen molar-refractivity contribution in [2.75, 3.05) is 7.11 Å². The Bertz CT molecular complexity index is 416. The van der Waals surface area contributed by atoms with E-state index in [0.29, 0.717) is 21.9 Å². The molecule has 0 aliphatic rings. The maximum absolute atomic E-state index is 9.79. The molecule has 0 saturated heterocycles. The van der Waals surface area contributed by atoms with Crippen LogP contribution in [0, 0.1) is 11.3 Å². The highest BCUT2D eigenvalue weighted by Crippen LogP contribution is 2.33. The van der Waals surface area contributed by atoms with Crippen molar-refractivity contribution >= 4 is 11.6 Å². The third-order valence-corrected chi connectivity index (χ3v) is 2.36. The van der Waals surface area contributed by atoms with Crippen molar-refractivity contribution in [1.29, 1.82) is 5.26 Å². The number of methoxy groups -OCH3 is 1. The first-order chi connectivity index (χ1) is 6.90. The van der Waals surface area contributed by atoms with Crippen LogP contribution in [0.15, 0.2) is 12.1 Å². The van der Waals surface area contributed by atoms with Crippen molar-refractivity contribution in [3.63, 3.8) is 0 Å². The summed E-state index contributed by atoms with van der Waals surface area (Å²) in [6.45, 7) is 3.26. The molecule has 1 aromatic rings. The predicted octanol–water partition coefficient (Wildman–Crippen LogP) is 2.45. The molecular weight excluding hydrogens is 214 g/mol. The second kappa shape index (κ2) is 4.09. The molecule has 80 valence electrons. The average Bonchev–Trinajstić information content (AvgIpc) is 2.15. The van der Waals surface area contributed by atoms with Gasteiger partial charge < -0.3 is 9.84 Å². The number of aliphatic hydroxyl groups is 1. The molecule has 0 atom stereocenters. The number of benzene rings is 1. The van der Waals surface area contributed by atoms with Crippen LogP contribution in [0.25, 0.3) is 0 Å². The zero-order valence-corrected chi connectivity index (χ0v) is 9.59. The van der Waals surface area contributed by atoms with E-state index in [4.69, 9.17) is 21.6 Å². The first kappa shape index (κ1) is 11.8. The van der Waals surface area contributed by atoms with Gasteiger partial charge >= 0.3 is 0 Å². The van der Waals surface area contributed by atoms with Gasteiger partial charge in [-0.25, -0.2) is 0 Å². The van der Waals surface area contributed by atoms with Crippen LogP contribution < -0.4 is 4.74 Å². The van der Waals surface area contributed by atoms with Crippen LogP contribution in [0.3, 0.4) is 0 Å². The van der Waals surface area contributed by atoms with Gasteiger partial charge in [0.15, 0.2) is 5.75 Å². The van der Waals surface area contributed by atoms with Gasteiger partial charge in [0.25, 0.3) is 0 Å². The van der Waals surface area contributed by atoms with E-state index in [-0.39, 0.29) is 0 Å². The molecule has 1 rings (SSSR count). The van der Waals surface area contributed by atoms with Crippen LogP contribution in [0.4, 0.5) is 0 Å². The van der Waals surface area contributed by atoms with Crippen molar-refractivity contribution in [2.45, 2.75) is 19.4 Å². The van der Waals surface area contributed by atoms with Crippen molar-refractivity contribution in [2.24, 2.45) is 0 Å². The third-order valence-electron chi connectivity index (χ3n) is 2.07. The quantitative estimate of drug-likeness (QED) is 0.841. The van der Waals surface area contributed by atoms with Crippen molar-refractivity contribution < 1.29 is 9.84 Å². The zero-order valence-electron chi connectivity index (χ0n) is 8.84. The molecule has 0 heterocycles. The Kier molecular flexibility index (Phi) is 3.23. The highest BCUT2D eigenvalue weighted by molar-refractivity contribution is 6.32. The van der Waals surface area contributed by atoms with E-state index < -0.39 is 5.60 Å². The summed E-state index contributed by atoms with van der Waals surface area (Å²) >= 11 is 5.93. The lowest BCUT2D eigenvalue weighted by molar-refractivity contribution is 0.0785. The summed E-state index contributed by atoms with van der Waals surface area (Å²) in [6.07, 6.45) is 0. The first-order valence-corrected chi connectivity index (χ1v) is 4.78. The molecule has 0 amide bonds. The number of hydrogen-bond acceptors (Lipinski definition) is 3. The van der Waals surface area contributed by atoms with Gasteiger partial charge in [-0.3, -0.25) is 0 Å². The number of hydrogen-bond donors (Lipinski definition) is 1. The lowest BCUT2D eigenvalue weighted by atomic mass is 9.96. The largest absolute Gasteiger partial charge is 0.494 e. The minimum absolute atomic E-state index is 0.321. The fourth-order valence-corrected chi connectivity index (χ4v) is 1.53. The van der Waals surface area contributed by atoms with Crippen molar-refractivity contribution in [1.82, 2.24) is 0 Å². The summed E-state index contributed by atoms with van der Waals surface area (Å²) in [6, 6.07) is 5.15. The van der Waals surface area contributed by atoms with E-state index in [0.717, 1.165) is 0 Å². The van der Waals surface area contributed by atoms with E-state index in [9.17, 15) is 5.11 Å². The smallest absolute Gasteiger partial charge is 0.155 e. The molecule has 0 radical (unpaired) electrons. The standard InChI is InChI=1S/C11H12ClNO2/c1-11(2,14)8-4-7(6-13)10(15-3)9(12)5-8/h4-5,14H,1-3H3. The van der Waals surface area contributed by atoms with Crippen LogP contribution in [-0.4, -0.2) is 12.2 Å². The molecule has 0 aromatic heterocycles. The maximum atomic E-state index is 9.79. The number of rotatable bonds is 2. The van der Waals surface area contributed by atoms with Gasteiger partial charge in [-0.1, -0.05) is 11.6 Å². The molecule has 1 N–H and O–H groups in total. The summed E-state index contributed by atoms with van der Waals surface area (Å²) in [4.78, 5) is 0. The molecule has 3 nitrogen and oxygen atoms in total. The molecule has 0 saturated carbocycles. The normalized spacial score (nSPS) is 10.9. The second-order valence-corrected chi connectivity index (χ2v) is 4.12. The summed E-state index contributed by atoms with van der Waals surface area (Å²) in [5.74, 6) is 0.340. The fourth-order valence-electron chi connectivity index (χ4n) is 1.24. The Hall–Kier alpha value is -1.24. The number of nitriles is 1. The molecule has 15 heavy (non-hydrogen) atoms. The third kappa shape index (κ3) is 2.41. The van der Waals surface area contributed by atoms with Crippen LogP contribution in [0.1, 0.15) is 25.0 Å². The van der Waals surface area contributed by atoms with E-state index in [1.807, 2.05) is 6.07 Å². The van der Waals surface area contributed by atoms with Gasteiger partial charge in [0.05, 0.1) is 23.3 Å². The molecule has 0 spiro atoms. The molecule has 0 bridgehead atoms. The van der Waals surface area contributed by atoms with E-state index in [1.54, 1.807) is 26.0 Å². The van der Waals surface area contributed by atoms with Crippen LogP contribution >= 0.6 is 11.6 Å². The minimum Gasteiger partial charge on any atom is -0.494 e. The summed E-state index contributed by atoms with van der Waals surface area (Å²) in [5, 5.41) is 19.0. The second-order valence-electron chi connectivity index (χ2n) is 3.71. The van der Waals surface area contributed by atoms with Gasteiger partial charge in [0.1, 0.15) is 6.07 Å². The van der Waals surface area contributed by atoms with Crippen LogP contribution in [0.5, 0.6) is 5.75 Å². The Morgan fingerprint density at radius 3 is 2.47 bits per heavy atom. The molecule has 0 aliphatic carbocycles. The average molecular weight is 226 g/mol.